The SMILES string of the molecule is NCCc1cc(-c2ccccc2C(F)(F)F)ccc1Cl. The second-order valence-electron chi connectivity index (χ2n) is 4.39. The molecule has 0 bridgehead atoms. The van der Waals surface area contributed by atoms with Gasteiger partial charge in [0.25, 0.3) is 0 Å². The summed E-state index contributed by atoms with van der Waals surface area (Å²) < 4.78 is 39.0. The lowest BCUT2D eigenvalue weighted by atomic mass is 9.97. The van der Waals surface area contributed by atoms with Crippen molar-refractivity contribution in [3.63, 3.8) is 0 Å². The Morgan fingerprint density at radius 3 is 2.40 bits per heavy atom. The van der Waals surface area contributed by atoms with Gasteiger partial charge in [0.1, 0.15) is 0 Å². The van der Waals surface area contributed by atoms with Gasteiger partial charge in [0, 0.05) is 5.02 Å². The summed E-state index contributed by atoms with van der Waals surface area (Å²) in [6, 6.07) is 10.4. The zero-order valence-corrected chi connectivity index (χ0v) is 11.3. The molecule has 1 nitrogen and oxygen atoms in total. The first-order chi connectivity index (χ1) is 9.43. The number of benzene rings is 2. The Bertz CT molecular complexity index is 608. The van der Waals surface area contributed by atoms with Gasteiger partial charge in [0.05, 0.1) is 5.56 Å². The van der Waals surface area contributed by atoms with E-state index in [2.05, 4.69) is 0 Å². The fourth-order valence-corrected chi connectivity index (χ4v) is 2.28. The molecule has 0 amide bonds. The molecule has 0 radical (unpaired) electrons. The Hall–Kier alpha value is -1.52. The topological polar surface area (TPSA) is 26.0 Å². The van der Waals surface area contributed by atoms with Gasteiger partial charge in [-0.3, -0.25) is 0 Å². The molecule has 0 aromatic heterocycles. The number of halogens is 4. The van der Waals surface area contributed by atoms with Crippen molar-refractivity contribution in [3.05, 3.63) is 58.6 Å². The average molecular weight is 300 g/mol. The second kappa shape index (κ2) is 5.85. The summed E-state index contributed by atoms with van der Waals surface area (Å²) in [5, 5.41) is 0.517. The average Bonchev–Trinajstić information content (AvgIpc) is 2.41. The molecule has 5 heteroatoms. The Kier molecular flexibility index (Phi) is 4.35. The molecular formula is C15H13ClF3N. The van der Waals surface area contributed by atoms with E-state index < -0.39 is 11.7 Å². The molecule has 20 heavy (non-hydrogen) atoms. The van der Waals surface area contributed by atoms with E-state index in [1.54, 1.807) is 24.3 Å². The van der Waals surface area contributed by atoms with Gasteiger partial charge in [0.2, 0.25) is 0 Å². The Labute approximate surface area is 120 Å². The fourth-order valence-electron chi connectivity index (χ4n) is 2.07. The highest BCUT2D eigenvalue weighted by Crippen LogP contribution is 2.37. The summed E-state index contributed by atoms with van der Waals surface area (Å²) in [5.41, 5.74) is 6.22. The van der Waals surface area contributed by atoms with Crippen LogP contribution in [0.25, 0.3) is 11.1 Å². The Morgan fingerprint density at radius 1 is 1.05 bits per heavy atom. The second-order valence-corrected chi connectivity index (χ2v) is 4.80. The van der Waals surface area contributed by atoms with Crippen molar-refractivity contribution >= 4 is 11.6 Å². The lowest BCUT2D eigenvalue weighted by molar-refractivity contribution is -0.137. The number of rotatable bonds is 3. The predicted molar refractivity (Wildman–Crippen MR) is 74.6 cm³/mol. The zero-order chi connectivity index (χ0) is 14.8. The maximum atomic E-state index is 13.0. The van der Waals surface area contributed by atoms with Gasteiger partial charge in [-0.05, 0) is 47.9 Å². The lowest BCUT2D eigenvalue weighted by Gasteiger charge is -2.14. The quantitative estimate of drug-likeness (QED) is 0.885. The summed E-state index contributed by atoms with van der Waals surface area (Å²) in [7, 11) is 0. The summed E-state index contributed by atoms with van der Waals surface area (Å²) in [5.74, 6) is 0. The smallest absolute Gasteiger partial charge is 0.330 e. The maximum Gasteiger partial charge on any atom is 0.417 e. The summed E-state index contributed by atoms with van der Waals surface area (Å²) in [6.45, 7) is 0.393. The fraction of sp³-hybridized carbons (Fsp3) is 0.200. The highest BCUT2D eigenvalue weighted by molar-refractivity contribution is 6.31. The van der Waals surface area contributed by atoms with Gasteiger partial charge in [-0.25, -0.2) is 0 Å². The number of nitrogens with two attached hydrogens (primary N) is 1. The highest BCUT2D eigenvalue weighted by Gasteiger charge is 2.33. The van der Waals surface area contributed by atoms with Crippen LogP contribution in [0, 0.1) is 0 Å². The van der Waals surface area contributed by atoms with E-state index in [0.717, 1.165) is 11.6 Å². The lowest BCUT2D eigenvalue weighted by Crippen LogP contribution is -2.07. The molecule has 0 fully saturated rings. The van der Waals surface area contributed by atoms with Crippen molar-refractivity contribution in [2.75, 3.05) is 6.54 Å². The van der Waals surface area contributed by atoms with E-state index in [1.807, 2.05) is 0 Å². The first kappa shape index (κ1) is 14.9. The van der Waals surface area contributed by atoms with Crippen LogP contribution in [0.4, 0.5) is 13.2 Å². The molecule has 0 unspecified atom stereocenters. The van der Waals surface area contributed by atoms with Crippen LogP contribution >= 0.6 is 11.6 Å². The predicted octanol–water partition coefficient (Wildman–Crippen LogP) is 4.53. The molecule has 2 rings (SSSR count). The van der Waals surface area contributed by atoms with E-state index in [9.17, 15) is 13.2 Å². The molecule has 0 aliphatic heterocycles. The first-order valence-electron chi connectivity index (χ1n) is 6.08. The van der Waals surface area contributed by atoms with E-state index in [0.29, 0.717) is 23.6 Å². The zero-order valence-electron chi connectivity index (χ0n) is 10.5. The van der Waals surface area contributed by atoms with Crippen LogP contribution in [0.1, 0.15) is 11.1 Å². The van der Waals surface area contributed by atoms with Crippen LogP contribution in [0.3, 0.4) is 0 Å². The minimum Gasteiger partial charge on any atom is -0.330 e. The van der Waals surface area contributed by atoms with E-state index >= 15 is 0 Å². The van der Waals surface area contributed by atoms with Crippen molar-refractivity contribution in [1.29, 1.82) is 0 Å². The van der Waals surface area contributed by atoms with Crippen molar-refractivity contribution in [2.24, 2.45) is 5.73 Å². The molecule has 2 aromatic rings. The largest absolute Gasteiger partial charge is 0.417 e. The monoisotopic (exact) mass is 299 g/mol. The Balaban J connectivity index is 2.55. The molecule has 0 heterocycles. The third kappa shape index (κ3) is 3.14. The van der Waals surface area contributed by atoms with Crippen molar-refractivity contribution in [3.8, 4) is 11.1 Å². The normalized spacial score (nSPS) is 11.7. The number of alkyl halides is 3. The molecule has 0 spiro atoms. The van der Waals surface area contributed by atoms with Gasteiger partial charge in [-0.15, -0.1) is 0 Å². The minimum absolute atomic E-state index is 0.148. The van der Waals surface area contributed by atoms with Gasteiger partial charge < -0.3 is 5.73 Å². The first-order valence-corrected chi connectivity index (χ1v) is 6.46. The third-order valence-electron chi connectivity index (χ3n) is 3.00. The van der Waals surface area contributed by atoms with Crippen LogP contribution in [0.5, 0.6) is 0 Å². The number of hydrogen-bond donors (Lipinski definition) is 1. The molecule has 0 saturated carbocycles. The highest BCUT2D eigenvalue weighted by atomic mass is 35.5. The van der Waals surface area contributed by atoms with Crippen LogP contribution in [0.2, 0.25) is 5.02 Å². The van der Waals surface area contributed by atoms with Crippen molar-refractivity contribution < 1.29 is 13.2 Å². The summed E-state index contributed by atoms with van der Waals surface area (Å²) in [4.78, 5) is 0. The molecule has 0 atom stereocenters. The molecule has 0 aliphatic rings. The van der Waals surface area contributed by atoms with E-state index in [1.165, 1.54) is 12.1 Å². The van der Waals surface area contributed by atoms with Gasteiger partial charge >= 0.3 is 6.18 Å². The molecule has 2 N–H and O–H groups in total. The molecule has 0 saturated heterocycles. The van der Waals surface area contributed by atoms with Crippen LogP contribution < -0.4 is 5.73 Å². The van der Waals surface area contributed by atoms with Gasteiger partial charge in [0.15, 0.2) is 0 Å². The van der Waals surface area contributed by atoms with Crippen LogP contribution in [-0.4, -0.2) is 6.54 Å². The molecular weight excluding hydrogens is 287 g/mol. The van der Waals surface area contributed by atoms with E-state index in [-0.39, 0.29) is 5.56 Å². The third-order valence-corrected chi connectivity index (χ3v) is 3.37. The summed E-state index contributed by atoms with van der Waals surface area (Å²) in [6.07, 6.45) is -3.86. The Morgan fingerprint density at radius 2 is 1.75 bits per heavy atom. The summed E-state index contributed by atoms with van der Waals surface area (Å²) >= 11 is 6.01. The minimum atomic E-state index is -4.38. The standard InChI is InChI=1S/C15H13ClF3N/c16-14-6-5-10(9-11(14)7-8-20)12-3-1-2-4-13(12)15(17,18)19/h1-6,9H,7-8,20H2. The van der Waals surface area contributed by atoms with Crippen molar-refractivity contribution in [2.45, 2.75) is 12.6 Å². The van der Waals surface area contributed by atoms with Gasteiger partial charge in [-0.1, -0.05) is 35.9 Å². The van der Waals surface area contributed by atoms with Crippen LogP contribution in [-0.2, 0) is 12.6 Å². The van der Waals surface area contributed by atoms with E-state index in [4.69, 9.17) is 17.3 Å². The molecule has 2 aromatic carbocycles. The van der Waals surface area contributed by atoms with Gasteiger partial charge in [-0.2, -0.15) is 13.2 Å². The van der Waals surface area contributed by atoms with Crippen LogP contribution in [0.15, 0.2) is 42.5 Å². The molecule has 106 valence electrons. The number of hydrogen-bond acceptors (Lipinski definition) is 1. The van der Waals surface area contributed by atoms with Crippen molar-refractivity contribution in [1.82, 2.24) is 0 Å². The maximum absolute atomic E-state index is 13.0. The molecule has 0 aliphatic carbocycles.